The lowest BCUT2D eigenvalue weighted by Crippen LogP contribution is -2.31. The van der Waals surface area contributed by atoms with Crippen molar-refractivity contribution in [3.05, 3.63) is 119 Å². The molecule has 0 aliphatic carbocycles. The van der Waals surface area contributed by atoms with Crippen LogP contribution in [0.25, 0.3) is 0 Å². The van der Waals surface area contributed by atoms with Crippen LogP contribution in [-0.4, -0.2) is 9.55 Å². The molecular formula is C24H22N3+. The van der Waals surface area contributed by atoms with Crippen molar-refractivity contribution in [3.63, 3.8) is 0 Å². The molecule has 2 aromatic carbocycles. The first kappa shape index (κ1) is 16.0. The maximum absolute atomic E-state index is 4.91. The highest BCUT2D eigenvalue weighted by Gasteiger charge is 2.09. The van der Waals surface area contributed by atoms with E-state index in [1.54, 1.807) is 0 Å². The van der Waals surface area contributed by atoms with Gasteiger partial charge in [-0.15, -0.1) is 0 Å². The number of benzene rings is 2. The molecule has 1 aliphatic heterocycles. The van der Waals surface area contributed by atoms with Crippen LogP contribution in [0.3, 0.4) is 0 Å². The minimum absolute atomic E-state index is 0.868. The molecule has 5 rings (SSSR count). The van der Waals surface area contributed by atoms with Crippen molar-refractivity contribution in [2.24, 2.45) is 0 Å². The van der Waals surface area contributed by atoms with Gasteiger partial charge in [-0.2, -0.15) is 0 Å². The van der Waals surface area contributed by atoms with Crippen molar-refractivity contribution >= 4 is 0 Å². The minimum atomic E-state index is 0.868. The second-order valence-electron chi connectivity index (χ2n) is 7.37. The molecule has 132 valence electrons. The SMILES string of the molecule is c1cc2cc(c1)Cn1cc[n+](c1)Cc1cccc(c1)Cc1cccc(n1)C2. The lowest BCUT2D eigenvalue weighted by Gasteiger charge is -2.08. The molecule has 3 heterocycles. The molecule has 3 heteroatoms. The molecular weight excluding hydrogens is 330 g/mol. The average molecular weight is 352 g/mol. The minimum Gasteiger partial charge on any atom is -0.257 e. The molecule has 0 atom stereocenters. The summed E-state index contributed by atoms with van der Waals surface area (Å²) in [5, 5.41) is 0. The van der Waals surface area contributed by atoms with Gasteiger partial charge in [0.05, 0.1) is 0 Å². The molecule has 0 unspecified atom stereocenters. The molecule has 0 amide bonds. The van der Waals surface area contributed by atoms with E-state index in [1.807, 2.05) is 0 Å². The number of hydrogen-bond donors (Lipinski definition) is 0. The van der Waals surface area contributed by atoms with Gasteiger partial charge in [-0.3, -0.25) is 4.98 Å². The summed E-state index contributed by atoms with van der Waals surface area (Å²) < 4.78 is 4.49. The normalized spacial score (nSPS) is 13.3. The number of pyridine rings is 1. The number of fused-ring (bicyclic) bond motifs is 8. The maximum atomic E-state index is 4.91. The van der Waals surface area contributed by atoms with E-state index in [4.69, 9.17) is 4.98 Å². The Morgan fingerprint density at radius 1 is 0.741 bits per heavy atom. The van der Waals surface area contributed by atoms with Crippen LogP contribution in [0.4, 0.5) is 0 Å². The van der Waals surface area contributed by atoms with Gasteiger partial charge in [0.25, 0.3) is 0 Å². The van der Waals surface area contributed by atoms with E-state index in [0.717, 1.165) is 37.3 Å². The van der Waals surface area contributed by atoms with Gasteiger partial charge in [-0.05, 0) is 34.4 Å². The highest BCUT2D eigenvalue weighted by molar-refractivity contribution is 5.30. The molecule has 2 aromatic heterocycles. The van der Waals surface area contributed by atoms with E-state index in [0.29, 0.717) is 0 Å². The van der Waals surface area contributed by atoms with Gasteiger partial charge in [-0.25, -0.2) is 9.13 Å². The lowest BCUT2D eigenvalue weighted by atomic mass is 10.0. The fourth-order valence-electron chi connectivity index (χ4n) is 3.87. The second-order valence-corrected chi connectivity index (χ2v) is 7.37. The van der Waals surface area contributed by atoms with Crippen molar-refractivity contribution in [1.82, 2.24) is 9.55 Å². The van der Waals surface area contributed by atoms with Crippen LogP contribution >= 0.6 is 0 Å². The Kier molecular flexibility index (Phi) is 4.06. The summed E-state index contributed by atoms with van der Waals surface area (Å²) in [6, 6.07) is 24.1. The monoisotopic (exact) mass is 352 g/mol. The van der Waals surface area contributed by atoms with E-state index >= 15 is 0 Å². The fourth-order valence-corrected chi connectivity index (χ4v) is 3.87. The Bertz CT molecular complexity index is 1010. The Hall–Kier alpha value is -3.20. The predicted octanol–water partition coefficient (Wildman–Crippen LogP) is 3.76. The number of aromatic nitrogens is 3. The van der Waals surface area contributed by atoms with Crippen LogP contribution in [0.1, 0.15) is 33.6 Å². The molecule has 0 fully saturated rings. The van der Waals surface area contributed by atoms with E-state index in [-0.39, 0.29) is 0 Å². The quantitative estimate of drug-likeness (QED) is 0.389. The van der Waals surface area contributed by atoms with E-state index < -0.39 is 0 Å². The molecule has 8 bridgehead atoms. The molecule has 0 radical (unpaired) electrons. The summed E-state index contributed by atoms with van der Waals surface area (Å²) in [6.07, 6.45) is 8.23. The molecule has 1 aliphatic rings. The third-order valence-electron chi connectivity index (χ3n) is 5.09. The van der Waals surface area contributed by atoms with Crippen LogP contribution < -0.4 is 4.57 Å². The molecule has 0 saturated heterocycles. The first-order valence-electron chi connectivity index (χ1n) is 9.45. The number of nitrogens with zero attached hydrogens (tertiary/aromatic N) is 3. The zero-order valence-corrected chi connectivity index (χ0v) is 15.3. The van der Waals surface area contributed by atoms with Gasteiger partial charge >= 0.3 is 0 Å². The highest BCUT2D eigenvalue weighted by Crippen LogP contribution is 2.15. The van der Waals surface area contributed by atoms with Crippen molar-refractivity contribution in [3.8, 4) is 0 Å². The summed E-state index contributed by atoms with van der Waals surface area (Å²) in [7, 11) is 0. The summed E-state index contributed by atoms with van der Waals surface area (Å²) in [4.78, 5) is 4.91. The number of rotatable bonds is 0. The second kappa shape index (κ2) is 6.84. The van der Waals surface area contributed by atoms with Crippen LogP contribution in [0.2, 0.25) is 0 Å². The number of imidazole rings is 1. The van der Waals surface area contributed by atoms with Gasteiger partial charge in [0.15, 0.2) is 0 Å². The van der Waals surface area contributed by atoms with Gasteiger partial charge in [0.2, 0.25) is 6.33 Å². The van der Waals surface area contributed by atoms with Gasteiger partial charge in [-0.1, -0.05) is 54.6 Å². The Morgan fingerprint density at radius 3 is 2.15 bits per heavy atom. The third kappa shape index (κ3) is 3.68. The average Bonchev–Trinajstić information content (AvgIpc) is 3.09. The van der Waals surface area contributed by atoms with Crippen molar-refractivity contribution < 1.29 is 4.57 Å². The van der Waals surface area contributed by atoms with Crippen LogP contribution in [0.15, 0.2) is 85.5 Å². The van der Waals surface area contributed by atoms with Gasteiger partial charge < -0.3 is 0 Å². The largest absolute Gasteiger partial charge is 0.257 e. The molecule has 27 heavy (non-hydrogen) atoms. The summed E-state index contributed by atoms with van der Waals surface area (Å²) in [5.41, 5.74) is 7.52. The highest BCUT2D eigenvalue weighted by atomic mass is 15.1. The smallest absolute Gasteiger partial charge is 0.244 e. The van der Waals surface area contributed by atoms with E-state index in [2.05, 4.69) is 94.6 Å². The Labute approximate surface area is 159 Å². The molecule has 0 N–H and O–H groups in total. The third-order valence-corrected chi connectivity index (χ3v) is 5.09. The van der Waals surface area contributed by atoms with E-state index in [9.17, 15) is 0 Å². The van der Waals surface area contributed by atoms with Crippen molar-refractivity contribution in [2.75, 3.05) is 0 Å². The molecule has 3 nitrogen and oxygen atoms in total. The van der Waals surface area contributed by atoms with Gasteiger partial charge in [0.1, 0.15) is 25.5 Å². The number of hydrogen-bond acceptors (Lipinski definition) is 1. The predicted molar refractivity (Wildman–Crippen MR) is 106 cm³/mol. The molecule has 4 aromatic rings. The molecule has 0 saturated carbocycles. The zero-order chi connectivity index (χ0) is 18.1. The molecule has 0 spiro atoms. The Balaban J connectivity index is 1.58. The van der Waals surface area contributed by atoms with Crippen molar-refractivity contribution in [2.45, 2.75) is 25.9 Å². The van der Waals surface area contributed by atoms with Crippen LogP contribution in [-0.2, 0) is 25.9 Å². The lowest BCUT2D eigenvalue weighted by molar-refractivity contribution is -0.687. The first-order chi connectivity index (χ1) is 13.3. The summed E-state index contributed by atoms with van der Waals surface area (Å²) >= 11 is 0. The van der Waals surface area contributed by atoms with Gasteiger partial charge in [0, 0.05) is 24.2 Å². The standard InChI is InChI=1S/C24H22N3/c1-4-19-12-21(6-1)16-26-10-11-27(18-26)17-22-7-2-5-20(13-22)15-24-9-3-8-23(14-19)25-24/h1-13,18H,14-17H2/q+1. The maximum Gasteiger partial charge on any atom is 0.244 e. The zero-order valence-electron chi connectivity index (χ0n) is 15.3. The van der Waals surface area contributed by atoms with E-state index in [1.165, 1.54) is 22.3 Å². The van der Waals surface area contributed by atoms with Crippen LogP contribution in [0, 0.1) is 0 Å². The fraction of sp³-hybridized carbons (Fsp3) is 0.167. The summed E-state index contributed by atoms with van der Waals surface area (Å²) in [5.74, 6) is 0. The first-order valence-corrected chi connectivity index (χ1v) is 9.45. The van der Waals surface area contributed by atoms with Crippen molar-refractivity contribution in [1.29, 1.82) is 0 Å². The topological polar surface area (TPSA) is 21.7 Å². The van der Waals surface area contributed by atoms with Crippen LogP contribution in [0.5, 0.6) is 0 Å². The summed E-state index contributed by atoms with van der Waals surface area (Å²) in [6.45, 7) is 1.77. The Morgan fingerprint density at radius 2 is 1.37 bits per heavy atom.